The Bertz CT molecular complexity index is 299. The molecule has 1 fully saturated rings. The highest BCUT2D eigenvalue weighted by Gasteiger charge is 2.23. The van der Waals surface area contributed by atoms with Crippen molar-refractivity contribution in [1.29, 1.82) is 0 Å². The van der Waals surface area contributed by atoms with E-state index >= 15 is 0 Å². The van der Waals surface area contributed by atoms with Crippen molar-refractivity contribution in [2.24, 2.45) is 0 Å². The first kappa shape index (κ1) is 9.87. The molecule has 1 aromatic rings. The van der Waals surface area contributed by atoms with Crippen LogP contribution in [0.2, 0.25) is 5.15 Å². The Morgan fingerprint density at radius 2 is 2.36 bits per heavy atom. The van der Waals surface area contributed by atoms with Gasteiger partial charge in [-0.15, -0.1) is 5.10 Å². The van der Waals surface area contributed by atoms with Crippen LogP contribution in [-0.4, -0.2) is 34.7 Å². The van der Waals surface area contributed by atoms with Gasteiger partial charge < -0.3 is 4.90 Å². The molecule has 2 rings (SSSR count). The van der Waals surface area contributed by atoms with Gasteiger partial charge in [-0.25, -0.2) is 0 Å². The van der Waals surface area contributed by atoms with Crippen LogP contribution in [-0.2, 0) is 0 Å². The lowest BCUT2D eigenvalue weighted by Crippen LogP contribution is -2.19. The van der Waals surface area contributed by atoms with Crippen LogP contribution in [0.3, 0.4) is 0 Å². The minimum absolute atomic E-state index is 0.471. The fraction of sp³-hybridized carbons (Fsp3) is 0.600. The summed E-state index contributed by atoms with van der Waals surface area (Å²) in [6.07, 6.45) is 1.18. The highest BCUT2D eigenvalue weighted by Crippen LogP contribution is 2.25. The van der Waals surface area contributed by atoms with Crippen LogP contribution in [0, 0.1) is 0 Å². The van der Waals surface area contributed by atoms with Crippen molar-refractivity contribution < 1.29 is 0 Å². The van der Waals surface area contributed by atoms with Crippen molar-refractivity contribution in [1.82, 2.24) is 15.1 Å². The lowest BCUT2D eigenvalue weighted by Gasteiger charge is -2.12. The van der Waals surface area contributed by atoms with Gasteiger partial charge in [0.1, 0.15) is 0 Å². The molecule has 14 heavy (non-hydrogen) atoms. The Balaban J connectivity index is 2.06. The van der Waals surface area contributed by atoms with Gasteiger partial charge in [0.05, 0.1) is 5.69 Å². The second-order valence-corrected chi connectivity index (χ2v) is 4.05. The maximum Gasteiger partial charge on any atom is 0.151 e. The van der Waals surface area contributed by atoms with Crippen LogP contribution in [0.1, 0.15) is 25.0 Å². The van der Waals surface area contributed by atoms with Gasteiger partial charge in [-0.3, -0.25) is 0 Å². The minimum Gasteiger partial charge on any atom is -0.303 e. The first-order chi connectivity index (χ1) is 6.79. The Morgan fingerprint density at radius 3 is 2.93 bits per heavy atom. The van der Waals surface area contributed by atoms with E-state index in [-0.39, 0.29) is 0 Å². The molecule has 0 saturated carbocycles. The molecule has 0 N–H and O–H groups in total. The molecule has 0 bridgehead atoms. The molecule has 0 spiro atoms. The second kappa shape index (κ2) is 4.24. The van der Waals surface area contributed by atoms with Gasteiger partial charge in [0.2, 0.25) is 0 Å². The summed E-state index contributed by atoms with van der Waals surface area (Å²) in [6.45, 7) is 5.59. The molecule has 0 radical (unpaired) electrons. The van der Waals surface area contributed by atoms with E-state index in [9.17, 15) is 0 Å². The van der Waals surface area contributed by atoms with E-state index < -0.39 is 0 Å². The Morgan fingerprint density at radius 1 is 1.50 bits per heavy atom. The molecule has 0 aromatic carbocycles. The molecule has 1 aromatic heterocycles. The number of likely N-dealkylation sites (tertiary alicyclic amines) is 1. The summed E-state index contributed by atoms with van der Waals surface area (Å²) in [5, 5.41) is 8.46. The predicted octanol–water partition coefficient (Wildman–Crippen LogP) is 1.94. The van der Waals surface area contributed by atoms with Crippen LogP contribution >= 0.6 is 11.6 Å². The molecule has 1 aliphatic rings. The quantitative estimate of drug-likeness (QED) is 0.749. The van der Waals surface area contributed by atoms with Crippen molar-refractivity contribution >= 4 is 11.6 Å². The van der Waals surface area contributed by atoms with Gasteiger partial charge in [0.15, 0.2) is 5.15 Å². The molecule has 0 aliphatic carbocycles. The van der Waals surface area contributed by atoms with Crippen LogP contribution < -0.4 is 0 Å². The van der Waals surface area contributed by atoms with Gasteiger partial charge in [0.25, 0.3) is 0 Å². The Kier molecular flexibility index (Phi) is 2.99. The highest BCUT2D eigenvalue weighted by molar-refractivity contribution is 6.29. The van der Waals surface area contributed by atoms with E-state index in [0.717, 1.165) is 18.8 Å². The van der Waals surface area contributed by atoms with E-state index in [2.05, 4.69) is 22.0 Å². The van der Waals surface area contributed by atoms with Crippen molar-refractivity contribution in [3.8, 4) is 0 Å². The number of halogens is 1. The summed E-state index contributed by atoms with van der Waals surface area (Å²) >= 11 is 5.69. The summed E-state index contributed by atoms with van der Waals surface area (Å²) in [4.78, 5) is 2.43. The number of likely N-dealkylation sites (N-methyl/N-ethyl adjacent to an activating group) is 1. The third-order valence-electron chi connectivity index (χ3n) is 2.79. The van der Waals surface area contributed by atoms with E-state index in [0.29, 0.717) is 11.1 Å². The lowest BCUT2D eigenvalue weighted by atomic mass is 10.1. The van der Waals surface area contributed by atoms with E-state index in [4.69, 9.17) is 11.6 Å². The van der Waals surface area contributed by atoms with Gasteiger partial charge in [-0.05, 0) is 31.6 Å². The average Bonchev–Trinajstić information content (AvgIpc) is 2.67. The Labute approximate surface area is 89.1 Å². The number of hydrogen-bond donors (Lipinski definition) is 0. The summed E-state index contributed by atoms with van der Waals surface area (Å²) < 4.78 is 0. The highest BCUT2D eigenvalue weighted by atomic mass is 35.5. The van der Waals surface area contributed by atoms with Crippen molar-refractivity contribution in [2.75, 3.05) is 19.6 Å². The van der Waals surface area contributed by atoms with Crippen molar-refractivity contribution in [2.45, 2.75) is 19.3 Å². The van der Waals surface area contributed by atoms with Gasteiger partial charge in [-0.1, -0.05) is 18.5 Å². The van der Waals surface area contributed by atoms with Gasteiger partial charge in [-0.2, -0.15) is 5.10 Å². The lowest BCUT2D eigenvalue weighted by molar-refractivity contribution is 0.353. The monoisotopic (exact) mass is 211 g/mol. The zero-order valence-corrected chi connectivity index (χ0v) is 9.04. The summed E-state index contributed by atoms with van der Waals surface area (Å²) in [7, 11) is 0. The number of rotatable bonds is 2. The molecule has 1 unspecified atom stereocenters. The normalized spacial score (nSPS) is 22.9. The third-order valence-corrected chi connectivity index (χ3v) is 2.99. The Hall–Kier alpha value is -0.670. The largest absolute Gasteiger partial charge is 0.303 e. The third kappa shape index (κ3) is 2.04. The van der Waals surface area contributed by atoms with E-state index in [1.54, 1.807) is 0 Å². The fourth-order valence-corrected chi connectivity index (χ4v) is 2.01. The van der Waals surface area contributed by atoms with Crippen LogP contribution in [0.4, 0.5) is 0 Å². The molecule has 1 atom stereocenters. The molecule has 4 heteroatoms. The zero-order valence-electron chi connectivity index (χ0n) is 8.28. The molecule has 1 saturated heterocycles. The molecular formula is C10H14ClN3. The summed E-state index contributed by atoms with van der Waals surface area (Å²) in [5.41, 5.74) is 1.07. The van der Waals surface area contributed by atoms with Gasteiger partial charge >= 0.3 is 0 Å². The molecular weight excluding hydrogens is 198 g/mol. The van der Waals surface area contributed by atoms with Crippen LogP contribution in [0.25, 0.3) is 0 Å². The van der Waals surface area contributed by atoms with Crippen LogP contribution in [0.15, 0.2) is 12.1 Å². The predicted molar refractivity (Wildman–Crippen MR) is 56.5 cm³/mol. The van der Waals surface area contributed by atoms with Gasteiger partial charge in [0, 0.05) is 12.5 Å². The first-order valence-corrected chi connectivity index (χ1v) is 5.39. The summed E-state index contributed by atoms with van der Waals surface area (Å²) in [6, 6.07) is 3.80. The minimum atomic E-state index is 0.471. The average molecular weight is 212 g/mol. The van der Waals surface area contributed by atoms with Crippen molar-refractivity contribution in [3.05, 3.63) is 23.0 Å². The second-order valence-electron chi connectivity index (χ2n) is 3.66. The topological polar surface area (TPSA) is 29.0 Å². The first-order valence-electron chi connectivity index (χ1n) is 5.01. The standard InChI is InChI=1S/C10H14ClN3/c1-2-14-6-5-8(7-14)9-3-4-10(11)13-12-9/h3-4,8H,2,5-7H2,1H3. The maximum atomic E-state index is 5.69. The zero-order chi connectivity index (χ0) is 9.97. The number of aromatic nitrogens is 2. The molecule has 3 nitrogen and oxygen atoms in total. The number of hydrogen-bond acceptors (Lipinski definition) is 3. The summed E-state index contributed by atoms with van der Waals surface area (Å²) in [5.74, 6) is 0.541. The van der Waals surface area contributed by atoms with E-state index in [1.807, 2.05) is 12.1 Å². The van der Waals surface area contributed by atoms with E-state index in [1.165, 1.54) is 13.0 Å². The smallest absolute Gasteiger partial charge is 0.151 e. The van der Waals surface area contributed by atoms with Crippen molar-refractivity contribution in [3.63, 3.8) is 0 Å². The van der Waals surface area contributed by atoms with Crippen LogP contribution in [0.5, 0.6) is 0 Å². The molecule has 2 heterocycles. The molecule has 0 amide bonds. The SMILES string of the molecule is CCN1CCC(c2ccc(Cl)nn2)C1. The molecule has 1 aliphatic heterocycles. The fourth-order valence-electron chi connectivity index (χ4n) is 1.91. The maximum absolute atomic E-state index is 5.69. The molecule has 76 valence electrons. The number of nitrogens with zero attached hydrogens (tertiary/aromatic N) is 3.